The van der Waals surface area contributed by atoms with E-state index in [1.807, 2.05) is 0 Å². The molecule has 70 valence electrons. The summed E-state index contributed by atoms with van der Waals surface area (Å²) in [6.07, 6.45) is 1.36. The zero-order valence-electron chi connectivity index (χ0n) is 6.69. The maximum atomic E-state index is 10.4. The quantitative estimate of drug-likeness (QED) is 0.588. The second kappa shape index (κ2) is 2.78. The third-order valence-corrected chi connectivity index (χ3v) is 3.02. The Morgan fingerprint density at radius 1 is 1.58 bits per heavy atom. The van der Waals surface area contributed by atoms with Crippen molar-refractivity contribution in [1.29, 1.82) is 0 Å². The molecule has 3 N–H and O–H groups in total. The van der Waals surface area contributed by atoms with Gasteiger partial charge in [-0.25, -0.2) is 4.79 Å². The molecule has 2 fully saturated rings. The maximum absolute atomic E-state index is 10.4. The molecular formula is C7H13ClN2O2. The normalized spacial score (nSPS) is 30.1. The van der Waals surface area contributed by atoms with Crippen LogP contribution in [0.4, 0.5) is 4.79 Å². The molecule has 1 amide bonds. The largest absolute Gasteiger partial charge is 0.465 e. The minimum Gasteiger partial charge on any atom is -0.465 e. The van der Waals surface area contributed by atoms with Crippen LogP contribution >= 0.6 is 12.4 Å². The lowest BCUT2D eigenvalue weighted by Crippen LogP contribution is -2.70. The molecule has 1 spiro atoms. The number of carbonyl (C=O) groups is 1. The maximum Gasteiger partial charge on any atom is 0.407 e. The molecule has 12 heavy (non-hydrogen) atoms. The van der Waals surface area contributed by atoms with Crippen molar-refractivity contribution in [2.75, 3.05) is 13.1 Å². The van der Waals surface area contributed by atoms with Crippen molar-refractivity contribution in [1.82, 2.24) is 4.90 Å². The first-order valence-corrected chi connectivity index (χ1v) is 3.87. The lowest BCUT2D eigenvalue weighted by molar-refractivity contribution is -0.0627. The van der Waals surface area contributed by atoms with E-state index in [-0.39, 0.29) is 23.9 Å². The predicted molar refractivity (Wildman–Crippen MR) is 46.5 cm³/mol. The standard InChI is InChI=1S/C7H12N2O2.ClH/c8-5-1-2-7(5)3-9(4-7)6(10)11;/h5H,1-4,8H2,(H,10,11);1H/t5-;/m1./s1. The average molecular weight is 193 g/mol. The lowest BCUT2D eigenvalue weighted by atomic mass is 9.60. The molecule has 0 radical (unpaired) electrons. The van der Waals surface area contributed by atoms with Gasteiger partial charge in [-0.1, -0.05) is 0 Å². The van der Waals surface area contributed by atoms with E-state index in [0.717, 1.165) is 12.8 Å². The van der Waals surface area contributed by atoms with E-state index in [2.05, 4.69) is 0 Å². The Morgan fingerprint density at radius 2 is 2.17 bits per heavy atom. The zero-order valence-corrected chi connectivity index (χ0v) is 7.51. The minimum absolute atomic E-state index is 0. The van der Waals surface area contributed by atoms with Crippen molar-refractivity contribution in [3.05, 3.63) is 0 Å². The number of amides is 1. The molecular weight excluding hydrogens is 180 g/mol. The van der Waals surface area contributed by atoms with Crippen LogP contribution in [-0.4, -0.2) is 35.2 Å². The highest BCUT2D eigenvalue weighted by molar-refractivity contribution is 5.85. The van der Waals surface area contributed by atoms with Gasteiger partial charge in [0, 0.05) is 24.5 Å². The number of hydrogen-bond acceptors (Lipinski definition) is 2. The first-order chi connectivity index (χ1) is 5.14. The van der Waals surface area contributed by atoms with Crippen molar-refractivity contribution in [2.45, 2.75) is 18.9 Å². The summed E-state index contributed by atoms with van der Waals surface area (Å²) in [7, 11) is 0. The molecule has 2 rings (SSSR count). The zero-order chi connectivity index (χ0) is 8.06. The Morgan fingerprint density at radius 3 is 2.42 bits per heavy atom. The van der Waals surface area contributed by atoms with Gasteiger partial charge in [0.25, 0.3) is 0 Å². The van der Waals surface area contributed by atoms with Gasteiger partial charge in [-0.2, -0.15) is 0 Å². The van der Waals surface area contributed by atoms with Gasteiger partial charge in [0.15, 0.2) is 0 Å². The highest BCUT2D eigenvalue weighted by Gasteiger charge is 2.54. The molecule has 1 saturated carbocycles. The van der Waals surface area contributed by atoms with Crippen molar-refractivity contribution in [3.8, 4) is 0 Å². The summed E-state index contributed by atoms with van der Waals surface area (Å²) in [6.45, 7) is 1.31. The van der Waals surface area contributed by atoms with Crippen molar-refractivity contribution >= 4 is 18.5 Å². The molecule has 1 saturated heterocycles. The van der Waals surface area contributed by atoms with E-state index in [0.29, 0.717) is 13.1 Å². The number of halogens is 1. The summed E-state index contributed by atoms with van der Waals surface area (Å²) in [5, 5.41) is 8.56. The first-order valence-electron chi connectivity index (χ1n) is 3.87. The Kier molecular flexibility index (Phi) is 2.23. The van der Waals surface area contributed by atoms with Gasteiger partial charge < -0.3 is 15.7 Å². The lowest BCUT2D eigenvalue weighted by Gasteiger charge is -2.58. The minimum atomic E-state index is -0.810. The molecule has 0 aromatic carbocycles. The van der Waals surface area contributed by atoms with E-state index in [1.165, 1.54) is 4.90 Å². The molecule has 1 aliphatic carbocycles. The monoisotopic (exact) mass is 192 g/mol. The summed E-state index contributed by atoms with van der Waals surface area (Å²) < 4.78 is 0. The highest BCUT2D eigenvalue weighted by Crippen LogP contribution is 2.47. The van der Waals surface area contributed by atoms with Crippen LogP contribution in [0.5, 0.6) is 0 Å². The molecule has 1 atom stereocenters. The van der Waals surface area contributed by atoms with Crippen molar-refractivity contribution < 1.29 is 9.90 Å². The van der Waals surface area contributed by atoms with Gasteiger partial charge in [0.2, 0.25) is 0 Å². The van der Waals surface area contributed by atoms with E-state index in [4.69, 9.17) is 10.8 Å². The molecule has 4 nitrogen and oxygen atoms in total. The molecule has 1 heterocycles. The van der Waals surface area contributed by atoms with Gasteiger partial charge in [-0.05, 0) is 12.8 Å². The summed E-state index contributed by atoms with van der Waals surface area (Å²) in [5.41, 5.74) is 5.94. The third-order valence-electron chi connectivity index (χ3n) is 3.02. The van der Waals surface area contributed by atoms with Crippen LogP contribution in [0.2, 0.25) is 0 Å². The van der Waals surface area contributed by atoms with Crippen LogP contribution in [0.15, 0.2) is 0 Å². The Bertz CT molecular complexity index is 204. The van der Waals surface area contributed by atoms with Gasteiger partial charge in [-0.15, -0.1) is 12.4 Å². The van der Waals surface area contributed by atoms with E-state index < -0.39 is 6.09 Å². The van der Waals surface area contributed by atoms with Gasteiger partial charge in [0.1, 0.15) is 0 Å². The second-order valence-electron chi connectivity index (χ2n) is 3.65. The summed E-state index contributed by atoms with van der Waals surface area (Å²) in [5.74, 6) is 0. The average Bonchev–Trinajstić information content (AvgIpc) is 1.81. The number of nitrogens with zero attached hydrogens (tertiary/aromatic N) is 1. The highest BCUT2D eigenvalue weighted by atomic mass is 35.5. The fourth-order valence-corrected chi connectivity index (χ4v) is 1.96. The van der Waals surface area contributed by atoms with Crippen LogP contribution in [-0.2, 0) is 0 Å². The van der Waals surface area contributed by atoms with E-state index >= 15 is 0 Å². The summed E-state index contributed by atoms with van der Waals surface area (Å²) in [6, 6.07) is 0.248. The number of hydrogen-bond donors (Lipinski definition) is 2. The topological polar surface area (TPSA) is 66.6 Å². The van der Waals surface area contributed by atoms with Crippen LogP contribution in [0.25, 0.3) is 0 Å². The molecule has 1 aliphatic heterocycles. The van der Waals surface area contributed by atoms with Crippen LogP contribution in [0, 0.1) is 5.41 Å². The molecule has 0 unspecified atom stereocenters. The molecule has 0 bridgehead atoms. The fourth-order valence-electron chi connectivity index (χ4n) is 1.96. The smallest absolute Gasteiger partial charge is 0.407 e. The number of likely N-dealkylation sites (tertiary alicyclic amines) is 1. The van der Waals surface area contributed by atoms with Crippen LogP contribution in [0.1, 0.15) is 12.8 Å². The Balaban J connectivity index is 0.000000720. The first kappa shape index (κ1) is 9.61. The van der Waals surface area contributed by atoms with Crippen molar-refractivity contribution in [3.63, 3.8) is 0 Å². The predicted octanol–water partition coefficient (Wildman–Crippen LogP) is 0.509. The molecule has 5 heteroatoms. The summed E-state index contributed by atoms with van der Waals surface area (Å²) in [4.78, 5) is 11.8. The van der Waals surface area contributed by atoms with Crippen LogP contribution < -0.4 is 5.73 Å². The molecule has 0 aromatic rings. The Hall–Kier alpha value is -0.480. The van der Waals surface area contributed by atoms with Crippen LogP contribution in [0.3, 0.4) is 0 Å². The number of nitrogens with two attached hydrogens (primary N) is 1. The van der Waals surface area contributed by atoms with Gasteiger partial charge >= 0.3 is 6.09 Å². The fraction of sp³-hybridized carbons (Fsp3) is 0.857. The van der Waals surface area contributed by atoms with E-state index in [1.54, 1.807) is 0 Å². The number of carboxylic acid groups (broad SMARTS) is 1. The summed E-state index contributed by atoms with van der Waals surface area (Å²) >= 11 is 0. The van der Waals surface area contributed by atoms with E-state index in [9.17, 15) is 4.79 Å². The third kappa shape index (κ3) is 1.06. The molecule has 2 aliphatic rings. The SMILES string of the molecule is Cl.N[C@@H]1CCC12CN(C(=O)O)C2. The van der Waals surface area contributed by atoms with Gasteiger partial charge in [0.05, 0.1) is 0 Å². The van der Waals surface area contributed by atoms with Crippen molar-refractivity contribution in [2.24, 2.45) is 11.1 Å². The number of rotatable bonds is 0. The Labute approximate surface area is 77.1 Å². The second-order valence-corrected chi connectivity index (χ2v) is 3.65. The van der Waals surface area contributed by atoms with Gasteiger partial charge in [-0.3, -0.25) is 0 Å². The molecule has 0 aromatic heterocycles.